The van der Waals surface area contributed by atoms with E-state index in [1.54, 1.807) is 0 Å². The molecule has 19 heavy (non-hydrogen) atoms. The number of hydrogen-bond acceptors (Lipinski definition) is 2. The van der Waals surface area contributed by atoms with Crippen molar-refractivity contribution in [3.8, 4) is 0 Å². The third kappa shape index (κ3) is 2.38. The summed E-state index contributed by atoms with van der Waals surface area (Å²) in [6, 6.07) is 11.5. The molecular formula is C16H16ClNO. The largest absolute Gasteiger partial charge is 0.307 e. The lowest BCUT2D eigenvalue weighted by Crippen LogP contribution is -2.40. The molecule has 1 aliphatic heterocycles. The van der Waals surface area contributed by atoms with Crippen molar-refractivity contribution >= 4 is 28.2 Å². The maximum absolute atomic E-state index is 12.6. The van der Waals surface area contributed by atoms with Crippen molar-refractivity contribution in [2.45, 2.75) is 25.3 Å². The van der Waals surface area contributed by atoms with Crippen molar-refractivity contribution in [2.24, 2.45) is 0 Å². The molecule has 98 valence electrons. The lowest BCUT2D eigenvalue weighted by Gasteiger charge is -2.22. The topological polar surface area (TPSA) is 29.1 Å². The van der Waals surface area contributed by atoms with Gasteiger partial charge in [-0.1, -0.05) is 42.3 Å². The maximum atomic E-state index is 12.6. The fraction of sp³-hybridized carbons (Fsp3) is 0.312. The van der Waals surface area contributed by atoms with Gasteiger partial charge in [0, 0.05) is 16.0 Å². The van der Waals surface area contributed by atoms with E-state index < -0.39 is 0 Å². The number of carbonyl (C=O) groups excluding carboxylic acids is 1. The van der Waals surface area contributed by atoms with Crippen molar-refractivity contribution in [1.82, 2.24) is 5.32 Å². The number of Topliss-reactive ketones (excluding diaryl/α,β-unsaturated/α-hetero) is 1. The summed E-state index contributed by atoms with van der Waals surface area (Å²) in [6.07, 6.45) is 3.20. The molecule has 1 heterocycles. The molecular weight excluding hydrogens is 258 g/mol. The molecule has 2 nitrogen and oxygen atoms in total. The van der Waals surface area contributed by atoms with Crippen molar-refractivity contribution in [1.29, 1.82) is 0 Å². The average Bonchev–Trinajstić information content (AvgIpc) is 2.48. The molecule has 0 saturated carbocycles. The van der Waals surface area contributed by atoms with Crippen molar-refractivity contribution in [3.63, 3.8) is 0 Å². The van der Waals surface area contributed by atoms with Gasteiger partial charge in [-0.15, -0.1) is 0 Å². The summed E-state index contributed by atoms with van der Waals surface area (Å²) >= 11 is 6.19. The van der Waals surface area contributed by atoms with E-state index in [4.69, 9.17) is 11.6 Å². The van der Waals surface area contributed by atoms with E-state index in [9.17, 15) is 4.79 Å². The third-order valence-corrected chi connectivity index (χ3v) is 4.09. The zero-order valence-corrected chi connectivity index (χ0v) is 11.4. The van der Waals surface area contributed by atoms with E-state index in [1.807, 2.05) is 36.4 Å². The number of rotatable bonds is 2. The monoisotopic (exact) mass is 273 g/mol. The minimum atomic E-state index is -0.0432. The molecule has 0 radical (unpaired) electrons. The highest BCUT2D eigenvalue weighted by molar-refractivity contribution is 6.36. The van der Waals surface area contributed by atoms with Gasteiger partial charge in [0.15, 0.2) is 5.78 Å². The lowest BCUT2D eigenvalue weighted by molar-refractivity contribution is 0.0929. The molecule has 1 fully saturated rings. The van der Waals surface area contributed by atoms with Gasteiger partial charge in [0.05, 0.1) is 6.04 Å². The van der Waals surface area contributed by atoms with Crippen LogP contribution in [0.5, 0.6) is 0 Å². The zero-order chi connectivity index (χ0) is 13.2. The lowest BCUT2D eigenvalue weighted by atomic mass is 9.93. The summed E-state index contributed by atoms with van der Waals surface area (Å²) in [6.45, 7) is 0.932. The number of fused-ring (bicyclic) bond motifs is 1. The number of ketones is 1. The van der Waals surface area contributed by atoms with Gasteiger partial charge in [0.25, 0.3) is 0 Å². The van der Waals surface area contributed by atoms with Crippen LogP contribution in [-0.4, -0.2) is 18.4 Å². The minimum Gasteiger partial charge on any atom is -0.307 e. The molecule has 3 rings (SSSR count). The normalized spacial score (nSPS) is 19.5. The van der Waals surface area contributed by atoms with Crippen LogP contribution in [0.3, 0.4) is 0 Å². The second kappa shape index (κ2) is 5.32. The highest BCUT2D eigenvalue weighted by Gasteiger charge is 2.23. The van der Waals surface area contributed by atoms with Crippen molar-refractivity contribution < 1.29 is 4.79 Å². The van der Waals surface area contributed by atoms with E-state index >= 15 is 0 Å². The van der Waals surface area contributed by atoms with Gasteiger partial charge in [-0.05, 0) is 36.9 Å². The Hall–Kier alpha value is -1.38. The summed E-state index contributed by atoms with van der Waals surface area (Å²) in [5.74, 6) is 0.188. The SMILES string of the molecule is O=C(c1ccc(Cl)c2ccccc12)C1CCCCN1. The summed E-state index contributed by atoms with van der Waals surface area (Å²) < 4.78 is 0. The molecule has 1 unspecified atom stereocenters. The average molecular weight is 274 g/mol. The second-order valence-corrected chi connectivity index (χ2v) is 5.41. The molecule has 1 aliphatic rings. The first-order chi connectivity index (χ1) is 9.27. The molecule has 3 heteroatoms. The van der Waals surface area contributed by atoms with Crippen LogP contribution in [0, 0.1) is 0 Å². The Labute approximate surface area is 117 Å². The quantitative estimate of drug-likeness (QED) is 0.843. The van der Waals surface area contributed by atoms with Crippen molar-refractivity contribution in [2.75, 3.05) is 6.54 Å². The Morgan fingerprint density at radius 1 is 1.11 bits per heavy atom. The van der Waals surface area contributed by atoms with Gasteiger partial charge >= 0.3 is 0 Å². The van der Waals surface area contributed by atoms with Gasteiger partial charge in [0.1, 0.15) is 0 Å². The first-order valence-corrected chi connectivity index (χ1v) is 7.10. The van der Waals surface area contributed by atoms with Crippen molar-refractivity contribution in [3.05, 3.63) is 47.0 Å². The number of halogens is 1. The summed E-state index contributed by atoms with van der Waals surface area (Å²) in [4.78, 5) is 12.6. The highest BCUT2D eigenvalue weighted by atomic mass is 35.5. The van der Waals surface area contributed by atoms with Crippen LogP contribution in [0.1, 0.15) is 29.6 Å². The van der Waals surface area contributed by atoms with E-state index in [1.165, 1.54) is 0 Å². The standard InChI is InChI=1S/C16H16ClNO/c17-14-9-8-13(11-5-1-2-6-12(11)14)16(19)15-7-3-4-10-18-15/h1-2,5-6,8-9,15,18H,3-4,7,10H2. The highest BCUT2D eigenvalue weighted by Crippen LogP contribution is 2.28. The predicted molar refractivity (Wildman–Crippen MR) is 78.9 cm³/mol. The van der Waals surface area contributed by atoms with Crippen LogP contribution in [0.25, 0.3) is 10.8 Å². The first-order valence-electron chi connectivity index (χ1n) is 6.72. The molecule has 1 N–H and O–H groups in total. The smallest absolute Gasteiger partial charge is 0.180 e. The molecule has 0 spiro atoms. The fourth-order valence-corrected chi connectivity index (χ4v) is 2.97. The second-order valence-electron chi connectivity index (χ2n) is 5.01. The van der Waals surface area contributed by atoms with Crippen LogP contribution in [0.15, 0.2) is 36.4 Å². The Morgan fingerprint density at radius 2 is 1.89 bits per heavy atom. The first kappa shape index (κ1) is 12.6. The molecule has 1 atom stereocenters. The third-order valence-electron chi connectivity index (χ3n) is 3.76. The zero-order valence-electron chi connectivity index (χ0n) is 10.7. The Kier molecular flexibility index (Phi) is 3.54. The van der Waals surface area contributed by atoms with Gasteiger partial charge in [-0.2, -0.15) is 0 Å². The van der Waals surface area contributed by atoms with Gasteiger partial charge < -0.3 is 5.32 Å². The van der Waals surface area contributed by atoms with Crippen LogP contribution >= 0.6 is 11.6 Å². The molecule has 0 amide bonds. The van der Waals surface area contributed by atoms with Crippen LogP contribution in [-0.2, 0) is 0 Å². The Morgan fingerprint density at radius 3 is 2.63 bits per heavy atom. The van der Waals surface area contributed by atoms with Gasteiger partial charge in [-0.25, -0.2) is 0 Å². The van der Waals surface area contributed by atoms with E-state index in [0.29, 0.717) is 5.02 Å². The molecule has 0 aromatic heterocycles. The fourth-order valence-electron chi connectivity index (χ4n) is 2.74. The molecule has 0 bridgehead atoms. The molecule has 0 aliphatic carbocycles. The summed E-state index contributed by atoms with van der Waals surface area (Å²) in [5, 5.41) is 5.91. The number of hydrogen-bond donors (Lipinski definition) is 1. The van der Waals surface area contributed by atoms with Crippen LogP contribution in [0.2, 0.25) is 5.02 Å². The van der Waals surface area contributed by atoms with Crippen LogP contribution < -0.4 is 5.32 Å². The number of piperidine rings is 1. The summed E-state index contributed by atoms with van der Waals surface area (Å²) in [7, 11) is 0. The minimum absolute atomic E-state index is 0.0432. The Bertz CT molecular complexity index is 617. The predicted octanol–water partition coefficient (Wildman–Crippen LogP) is 3.82. The Balaban J connectivity index is 2.05. The van der Waals surface area contributed by atoms with E-state index in [2.05, 4.69) is 5.32 Å². The molecule has 2 aromatic rings. The van der Waals surface area contributed by atoms with Crippen LogP contribution in [0.4, 0.5) is 0 Å². The van der Waals surface area contributed by atoms with Gasteiger partial charge in [-0.3, -0.25) is 4.79 Å². The maximum Gasteiger partial charge on any atom is 0.180 e. The summed E-state index contributed by atoms with van der Waals surface area (Å²) in [5.41, 5.74) is 0.777. The number of carbonyl (C=O) groups is 1. The van der Waals surface area contributed by atoms with E-state index in [-0.39, 0.29) is 11.8 Å². The van der Waals surface area contributed by atoms with E-state index in [0.717, 1.165) is 42.1 Å². The number of benzene rings is 2. The molecule has 1 saturated heterocycles. The van der Waals surface area contributed by atoms with Gasteiger partial charge in [0.2, 0.25) is 0 Å². The number of nitrogens with one attached hydrogen (secondary N) is 1. The molecule has 2 aromatic carbocycles.